The van der Waals surface area contributed by atoms with Gasteiger partial charge in [0, 0.05) is 30.1 Å². The normalized spacial score (nSPS) is 18.8. The second-order valence-electron chi connectivity index (χ2n) is 9.36. The fraction of sp³-hybridized carbons (Fsp3) is 0.480. The van der Waals surface area contributed by atoms with Crippen LogP contribution < -0.4 is 5.32 Å². The number of nitrogens with zero attached hydrogens (tertiary/aromatic N) is 1. The van der Waals surface area contributed by atoms with Gasteiger partial charge in [-0.15, -0.1) is 6.58 Å². The molecular weight excluding hydrogens is 457 g/mol. The van der Waals surface area contributed by atoms with E-state index < -0.39 is 47.6 Å². The largest absolute Gasteiger partial charge is 0.467 e. The molecule has 35 heavy (non-hydrogen) atoms. The Kier molecular flexibility index (Phi) is 8.16. The van der Waals surface area contributed by atoms with Crippen molar-refractivity contribution in [2.75, 3.05) is 20.3 Å². The second-order valence-corrected chi connectivity index (χ2v) is 9.36. The van der Waals surface area contributed by atoms with Crippen LogP contribution in [0.3, 0.4) is 0 Å². The maximum absolute atomic E-state index is 13.9. The number of hydrogen-bond acceptors (Lipinski definition) is 6. The Morgan fingerprint density at radius 1 is 1.34 bits per heavy atom. The summed E-state index contributed by atoms with van der Waals surface area (Å²) in [6.45, 7) is 9.18. The number of ether oxygens (including phenoxy) is 3. The zero-order chi connectivity index (χ0) is 25.8. The number of nitrogens with one attached hydrogen (secondary N) is 2. The highest BCUT2D eigenvalue weighted by atomic mass is 19.1. The third kappa shape index (κ3) is 6.39. The third-order valence-electron chi connectivity index (χ3n) is 5.64. The van der Waals surface area contributed by atoms with Crippen LogP contribution in [-0.2, 0) is 30.2 Å². The van der Waals surface area contributed by atoms with E-state index in [1.54, 1.807) is 39.1 Å². The Labute approximate surface area is 203 Å². The van der Waals surface area contributed by atoms with Crippen LogP contribution in [0, 0.1) is 5.82 Å². The van der Waals surface area contributed by atoms with Crippen LogP contribution in [0.4, 0.5) is 9.18 Å². The van der Waals surface area contributed by atoms with Crippen LogP contribution in [0.1, 0.15) is 32.8 Å². The highest BCUT2D eigenvalue weighted by Crippen LogP contribution is 2.26. The van der Waals surface area contributed by atoms with Gasteiger partial charge in [-0.25, -0.2) is 14.0 Å². The van der Waals surface area contributed by atoms with Crippen molar-refractivity contribution in [3.63, 3.8) is 0 Å². The molecule has 1 aromatic carbocycles. The SMILES string of the molecule is C=CCO[C@H]1CCN(C(=O)[C@H](Cc2c[nH]c3ccc(F)cc23)NC(=O)OC(C)(C)C)[C@@H]1C(=O)OC. The number of rotatable bonds is 8. The molecule has 1 aliphatic heterocycles. The number of methoxy groups -OCH3 is 1. The first-order valence-corrected chi connectivity index (χ1v) is 11.4. The molecule has 1 fully saturated rings. The summed E-state index contributed by atoms with van der Waals surface area (Å²) in [6, 6.07) is 2.23. The number of H-pyrrole nitrogens is 1. The Bertz CT molecular complexity index is 1090. The lowest BCUT2D eigenvalue weighted by Crippen LogP contribution is -2.55. The molecule has 2 aromatic rings. The number of likely N-dealkylation sites (tertiary alicyclic amines) is 1. The van der Waals surface area contributed by atoms with Crippen molar-refractivity contribution in [2.45, 2.75) is 57.4 Å². The number of amides is 2. The van der Waals surface area contributed by atoms with Gasteiger partial charge in [0.1, 0.15) is 17.5 Å². The molecule has 0 radical (unpaired) electrons. The van der Waals surface area contributed by atoms with E-state index in [0.29, 0.717) is 22.9 Å². The van der Waals surface area contributed by atoms with Crippen LogP contribution in [0.15, 0.2) is 37.1 Å². The fourth-order valence-electron chi connectivity index (χ4n) is 4.17. The van der Waals surface area contributed by atoms with Crippen LogP contribution in [-0.4, -0.2) is 71.9 Å². The average molecular weight is 490 g/mol. The van der Waals surface area contributed by atoms with E-state index in [4.69, 9.17) is 14.2 Å². The van der Waals surface area contributed by atoms with E-state index >= 15 is 0 Å². The van der Waals surface area contributed by atoms with Crippen molar-refractivity contribution in [1.29, 1.82) is 0 Å². The highest BCUT2D eigenvalue weighted by Gasteiger charge is 2.45. The minimum Gasteiger partial charge on any atom is -0.467 e. The number of fused-ring (bicyclic) bond motifs is 1. The van der Waals surface area contributed by atoms with Crippen molar-refractivity contribution in [1.82, 2.24) is 15.2 Å². The van der Waals surface area contributed by atoms with Crippen LogP contribution >= 0.6 is 0 Å². The quantitative estimate of drug-likeness (QED) is 0.436. The Balaban J connectivity index is 1.91. The molecule has 1 aliphatic rings. The van der Waals surface area contributed by atoms with Gasteiger partial charge in [0.05, 0.1) is 19.8 Å². The van der Waals surface area contributed by atoms with Crippen LogP contribution in [0.5, 0.6) is 0 Å². The van der Waals surface area contributed by atoms with E-state index in [9.17, 15) is 18.8 Å². The summed E-state index contributed by atoms with van der Waals surface area (Å²) >= 11 is 0. The molecule has 10 heteroatoms. The van der Waals surface area contributed by atoms with Gasteiger partial charge in [0.2, 0.25) is 5.91 Å². The molecule has 3 rings (SSSR count). The first-order chi connectivity index (χ1) is 16.5. The predicted molar refractivity (Wildman–Crippen MR) is 127 cm³/mol. The number of benzene rings is 1. The lowest BCUT2D eigenvalue weighted by atomic mass is 10.0. The van der Waals surface area contributed by atoms with Gasteiger partial charge < -0.3 is 29.4 Å². The van der Waals surface area contributed by atoms with E-state index in [2.05, 4.69) is 16.9 Å². The molecule has 1 aromatic heterocycles. The van der Waals surface area contributed by atoms with Gasteiger partial charge >= 0.3 is 12.1 Å². The van der Waals surface area contributed by atoms with Gasteiger partial charge in [-0.2, -0.15) is 0 Å². The summed E-state index contributed by atoms with van der Waals surface area (Å²) in [5.41, 5.74) is 0.534. The maximum Gasteiger partial charge on any atom is 0.408 e. The summed E-state index contributed by atoms with van der Waals surface area (Å²) in [7, 11) is 1.24. The number of aromatic amines is 1. The lowest BCUT2D eigenvalue weighted by Gasteiger charge is -2.30. The summed E-state index contributed by atoms with van der Waals surface area (Å²) in [4.78, 5) is 43.3. The van der Waals surface area contributed by atoms with Gasteiger partial charge in [-0.05, 0) is 51.0 Å². The maximum atomic E-state index is 13.9. The van der Waals surface area contributed by atoms with E-state index in [-0.39, 0.29) is 19.6 Å². The summed E-state index contributed by atoms with van der Waals surface area (Å²) in [5, 5.41) is 3.22. The van der Waals surface area contributed by atoms with Crippen LogP contribution in [0.2, 0.25) is 0 Å². The molecule has 3 atom stereocenters. The Hall–Kier alpha value is -3.40. The molecule has 0 saturated carbocycles. The number of hydrogen-bond donors (Lipinski definition) is 2. The number of aromatic nitrogens is 1. The van der Waals surface area contributed by atoms with E-state index in [1.807, 2.05) is 0 Å². The van der Waals surface area contributed by atoms with Crippen molar-refractivity contribution in [3.05, 3.63) is 48.4 Å². The van der Waals surface area contributed by atoms with Gasteiger partial charge in [0.25, 0.3) is 0 Å². The van der Waals surface area contributed by atoms with Crippen molar-refractivity contribution in [2.24, 2.45) is 0 Å². The zero-order valence-electron chi connectivity index (χ0n) is 20.4. The molecule has 0 aliphatic carbocycles. The van der Waals surface area contributed by atoms with Crippen molar-refractivity contribution in [3.8, 4) is 0 Å². The first kappa shape index (κ1) is 26.2. The summed E-state index contributed by atoms with van der Waals surface area (Å²) in [5.74, 6) is -1.54. The number of carbonyl (C=O) groups is 3. The second kappa shape index (κ2) is 10.9. The molecular formula is C25H32FN3O6. The molecule has 2 amide bonds. The number of carbonyl (C=O) groups excluding carboxylic acids is 3. The number of esters is 1. The van der Waals surface area contributed by atoms with Crippen molar-refractivity contribution < 1.29 is 33.0 Å². The first-order valence-electron chi connectivity index (χ1n) is 11.4. The van der Waals surface area contributed by atoms with Gasteiger partial charge in [-0.1, -0.05) is 6.08 Å². The number of alkyl carbamates (subject to hydrolysis) is 1. The van der Waals surface area contributed by atoms with Gasteiger partial charge in [-0.3, -0.25) is 4.79 Å². The molecule has 2 heterocycles. The molecule has 0 unspecified atom stereocenters. The fourth-order valence-corrected chi connectivity index (χ4v) is 4.17. The lowest BCUT2D eigenvalue weighted by molar-refractivity contribution is -0.155. The predicted octanol–water partition coefficient (Wildman–Crippen LogP) is 3.09. The Morgan fingerprint density at radius 2 is 2.09 bits per heavy atom. The molecule has 190 valence electrons. The smallest absolute Gasteiger partial charge is 0.408 e. The third-order valence-corrected chi connectivity index (χ3v) is 5.64. The average Bonchev–Trinajstić information content (AvgIpc) is 3.39. The molecule has 2 N–H and O–H groups in total. The molecule has 1 saturated heterocycles. The minimum absolute atomic E-state index is 0.0457. The van der Waals surface area contributed by atoms with Crippen LogP contribution in [0.25, 0.3) is 10.9 Å². The topological polar surface area (TPSA) is 110 Å². The summed E-state index contributed by atoms with van der Waals surface area (Å²) in [6.07, 6.45) is 2.32. The molecule has 9 nitrogen and oxygen atoms in total. The van der Waals surface area contributed by atoms with E-state index in [0.717, 1.165) is 0 Å². The number of halogens is 1. The van der Waals surface area contributed by atoms with Crippen molar-refractivity contribution >= 4 is 28.9 Å². The van der Waals surface area contributed by atoms with E-state index in [1.165, 1.54) is 24.1 Å². The minimum atomic E-state index is -1.09. The van der Waals surface area contributed by atoms with Gasteiger partial charge in [0.15, 0.2) is 6.04 Å². The molecule has 0 spiro atoms. The highest BCUT2D eigenvalue weighted by molar-refractivity contribution is 5.92. The summed E-state index contributed by atoms with van der Waals surface area (Å²) < 4.78 is 29.9. The monoisotopic (exact) mass is 489 g/mol. The zero-order valence-corrected chi connectivity index (χ0v) is 20.4. The molecule has 0 bridgehead atoms. The Morgan fingerprint density at radius 3 is 2.74 bits per heavy atom. The standard InChI is InChI=1S/C25H32FN3O6/c1-6-11-34-20-9-10-29(21(20)23(31)33-5)22(30)19(28-24(32)35-25(2,3)4)12-15-14-27-18-8-7-16(26)13-17(15)18/h6-8,13-14,19-21,27H,1,9-12H2,2-5H3,(H,28,32)/t19-,20-,21-/m0/s1.